The summed E-state index contributed by atoms with van der Waals surface area (Å²) in [5.41, 5.74) is 4.62. The van der Waals surface area contributed by atoms with Crippen LogP contribution in [-0.2, 0) is 0 Å². The van der Waals surface area contributed by atoms with Crippen LogP contribution in [-0.4, -0.2) is 5.84 Å². The average Bonchev–Trinajstić information content (AvgIpc) is 2.59. The average molecular weight is 320 g/mol. The van der Waals surface area contributed by atoms with Crippen molar-refractivity contribution in [2.75, 3.05) is 4.90 Å². The Balaban J connectivity index is 2.65. The van der Waals surface area contributed by atoms with Crippen LogP contribution in [0.3, 0.4) is 0 Å². The van der Waals surface area contributed by atoms with Crippen molar-refractivity contribution in [1.29, 1.82) is 5.41 Å². The van der Waals surface area contributed by atoms with E-state index in [1.807, 2.05) is 54.4 Å². The molecule has 0 aliphatic heterocycles. The van der Waals surface area contributed by atoms with Gasteiger partial charge in [-0.25, -0.2) is 0 Å². The minimum absolute atomic E-state index is 0.398. The second-order valence-corrected chi connectivity index (χ2v) is 6.66. The molecule has 2 rings (SSSR count). The molecule has 0 aliphatic rings. The largest absolute Gasteiger partial charge is 0.302 e. The fourth-order valence-electron chi connectivity index (χ4n) is 2.93. The van der Waals surface area contributed by atoms with Gasteiger partial charge in [0, 0.05) is 11.8 Å². The van der Waals surface area contributed by atoms with Gasteiger partial charge in [-0.05, 0) is 29.9 Å². The number of allylic oxidation sites excluding steroid dienone is 1. The molecule has 0 amide bonds. The Morgan fingerprint density at radius 2 is 1.42 bits per heavy atom. The zero-order valence-corrected chi connectivity index (χ0v) is 15.4. The highest BCUT2D eigenvalue weighted by molar-refractivity contribution is 6.10. The summed E-state index contributed by atoms with van der Waals surface area (Å²) in [5, 5.41) is 8.78. The number of rotatable bonds is 5. The Morgan fingerprint density at radius 1 is 0.875 bits per heavy atom. The summed E-state index contributed by atoms with van der Waals surface area (Å²) >= 11 is 0. The molecule has 2 aromatic rings. The maximum atomic E-state index is 8.78. The van der Waals surface area contributed by atoms with Crippen LogP contribution >= 0.6 is 0 Å². The standard InChI is InChI=1S/C22H28N2/c1-6-15-24(22(23)18-11-8-7-9-12-18)21-19(16(2)3)13-10-14-20(21)17(4)5/h6-17,23H,1-5H3/b15-6-,23-22?. The van der Waals surface area contributed by atoms with Gasteiger partial charge in [0.25, 0.3) is 0 Å². The van der Waals surface area contributed by atoms with E-state index < -0.39 is 0 Å². The molecule has 0 bridgehead atoms. The molecule has 0 aromatic heterocycles. The first-order valence-corrected chi connectivity index (χ1v) is 8.66. The first kappa shape index (κ1) is 18.0. The Bertz CT molecular complexity index is 686. The highest BCUT2D eigenvalue weighted by atomic mass is 15.2. The number of amidine groups is 1. The van der Waals surface area contributed by atoms with Crippen LogP contribution in [0.2, 0.25) is 0 Å². The van der Waals surface area contributed by atoms with Gasteiger partial charge in [-0.1, -0.05) is 82.3 Å². The van der Waals surface area contributed by atoms with Crippen molar-refractivity contribution in [2.45, 2.75) is 46.5 Å². The van der Waals surface area contributed by atoms with Crippen LogP contribution in [0.15, 0.2) is 60.8 Å². The van der Waals surface area contributed by atoms with Gasteiger partial charge in [-0.15, -0.1) is 0 Å². The van der Waals surface area contributed by atoms with E-state index in [-0.39, 0.29) is 0 Å². The lowest BCUT2D eigenvalue weighted by molar-refractivity contribution is 0.832. The molecule has 2 aromatic carbocycles. The highest BCUT2D eigenvalue weighted by Crippen LogP contribution is 2.36. The second-order valence-electron chi connectivity index (χ2n) is 6.66. The zero-order valence-electron chi connectivity index (χ0n) is 15.4. The third kappa shape index (κ3) is 3.76. The predicted molar refractivity (Wildman–Crippen MR) is 105 cm³/mol. The first-order valence-electron chi connectivity index (χ1n) is 8.66. The fourth-order valence-corrected chi connectivity index (χ4v) is 2.93. The lowest BCUT2D eigenvalue weighted by atomic mass is 9.91. The summed E-state index contributed by atoms with van der Waals surface area (Å²) in [4.78, 5) is 2.03. The predicted octanol–water partition coefficient (Wildman–Crippen LogP) is 6.30. The third-order valence-corrected chi connectivity index (χ3v) is 4.17. The van der Waals surface area contributed by atoms with Gasteiger partial charge in [0.15, 0.2) is 0 Å². The smallest absolute Gasteiger partial charge is 0.136 e. The number of nitrogens with zero attached hydrogens (tertiary/aromatic N) is 1. The van der Waals surface area contributed by atoms with Crippen LogP contribution in [0.1, 0.15) is 63.1 Å². The van der Waals surface area contributed by atoms with Crippen molar-refractivity contribution >= 4 is 11.5 Å². The maximum Gasteiger partial charge on any atom is 0.136 e. The molecule has 0 fully saturated rings. The molecular formula is C22H28N2. The van der Waals surface area contributed by atoms with E-state index in [1.165, 1.54) is 11.1 Å². The van der Waals surface area contributed by atoms with E-state index in [4.69, 9.17) is 5.41 Å². The minimum Gasteiger partial charge on any atom is -0.302 e. The number of hydrogen-bond acceptors (Lipinski definition) is 1. The van der Waals surface area contributed by atoms with Crippen molar-refractivity contribution in [2.24, 2.45) is 0 Å². The number of nitrogens with one attached hydrogen (secondary N) is 1. The van der Waals surface area contributed by atoms with E-state index in [0.29, 0.717) is 17.7 Å². The zero-order chi connectivity index (χ0) is 17.7. The van der Waals surface area contributed by atoms with E-state index in [9.17, 15) is 0 Å². The van der Waals surface area contributed by atoms with Gasteiger partial charge in [0.1, 0.15) is 5.84 Å². The molecular weight excluding hydrogens is 292 g/mol. The SMILES string of the molecule is C/C=C\N(C(=N)c1ccccc1)c1c(C(C)C)cccc1C(C)C. The normalized spacial score (nSPS) is 11.5. The summed E-state index contributed by atoms with van der Waals surface area (Å²) in [6, 6.07) is 16.4. The van der Waals surface area contributed by atoms with Gasteiger partial charge in [0.05, 0.1) is 5.69 Å². The number of para-hydroxylation sites is 1. The van der Waals surface area contributed by atoms with Gasteiger partial charge >= 0.3 is 0 Å². The first-order chi connectivity index (χ1) is 11.5. The molecule has 1 N–H and O–H groups in total. The fraction of sp³-hybridized carbons (Fsp3) is 0.318. The van der Waals surface area contributed by atoms with Gasteiger partial charge < -0.3 is 4.90 Å². The Kier molecular flexibility index (Phi) is 5.97. The molecule has 0 saturated heterocycles. The molecule has 24 heavy (non-hydrogen) atoms. The maximum absolute atomic E-state index is 8.78. The van der Waals surface area contributed by atoms with E-state index in [1.54, 1.807) is 0 Å². The van der Waals surface area contributed by atoms with E-state index in [2.05, 4.69) is 45.9 Å². The summed E-state index contributed by atoms with van der Waals surface area (Å²) in [6.07, 6.45) is 4.00. The summed E-state index contributed by atoms with van der Waals surface area (Å²) in [6.45, 7) is 10.8. The Morgan fingerprint density at radius 3 is 1.88 bits per heavy atom. The van der Waals surface area contributed by atoms with Crippen LogP contribution in [0, 0.1) is 5.41 Å². The van der Waals surface area contributed by atoms with E-state index >= 15 is 0 Å². The van der Waals surface area contributed by atoms with E-state index in [0.717, 1.165) is 11.3 Å². The summed E-state index contributed by atoms with van der Waals surface area (Å²) < 4.78 is 0. The molecule has 0 atom stereocenters. The van der Waals surface area contributed by atoms with Crippen molar-refractivity contribution in [3.63, 3.8) is 0 Å². The molecule has 126 valence electrons. The number of hydrogen-bond donors (Lipinski definition) is 1. The molecule has 0 unspecified atom stereocenters. The second kappa shape index (κ2) is 7.96. The molecule has 0 aliphatic carbocycles. The van der Waals surface area contributed by atoms with Gasteiger partial charge in [-0.2, -0.15) is 0 Å². The van der Waals surface area contributed by atoms with Crippen molar-refractivity contribution in [3.05, 3.63) is 77.5 Å². The molecule has 2 heteroatoms. The quantitative estimate of drug-likeness (QED) is 0.508. The Labute approximate surface area is 146 Å². The van der Waals surface area contributed by atoms with Gasteiger partial charge in [0.2, 0.25) is 0 Å². The van der Waals surface area contributed by atoms with Crippen LogP contribution < -0.4 is 4.90 Å². The van der Waals surface area contributed by atoms with Crippen molar-refractivity contribution in [1.82, 2.24) is 0 Å². The molecule has 0 radical (unpaired) electrons. The molecule has 0 saturated carbocycles. The molecule has 0 spiro atoms. The lowest BCUT2D eigenvalue weighted by Gasteiger charge is -2.29. The van der Waals surface area contributed by atoms with Crippen LogP contribution in [0.25, 0.3) is 0 Å². The van der Waals surface area contributed by atoms with Crippen molar-refractivity contribution in [3.8, 4) is 0 Å². The Hall–Kier alpha value is -2.35. The van der Waals surface area contributed by atoms with Crippen LogP contribution in [0.5, 0.6) is 0 Å². The van der Waals surface area contributed by atoms with Crippen molar-refractivity contribution < 1.29 is 0 Å². The van der Waals surface area contributed by atoms with Gasteiger partial charge in [-0.3, -0.25) is 5.41 Å². The monoisotopic (exact) mass is 320 g/mol. The lowest BCUT2D eigenvalue weighted by Crippen LogP contribution is -2.28. The number of benzene rings is 2. The summed E-state index contributed by atoms with van der Waals surface area (Å²) in [7, 11) is 0. The summed E-state index contributed by atoms with van der Waals surface area (Å²) in [5.74, 6) is 1.30. The topological polar surface area (TPSA) is 27.1 Å². The highest BCUT2D eigenvalue weighted by Gasteiger charge is 2.21. The minimum atomic E-state index is 0.398. The third-order valence-electron chi connectivity index (χ3n) is 4.17. The molecule has 0 heterocycles. The number of anilines is 1. The molecule has 2 nitrogen and oxygen atoms in total. The van der Waals surface area contributed by atoms with Crippen LogP contribution in [0.4, 0.5) is 5.69 Å².